The van der Waals surface area contributed by atoms with E-state index in [1.54, 1.807) is 24.3 Å². The van der Waals surface area contributed by atoms with Crippen LogP contribution >= 0.6 is 0 Å². The number of anilines is 1. The van der Waals surface area contributed by atoms with E-state index in [1.807, 2.05) is 43.3 Å². The minimum Gasteiger partial charge on any atom is -0.493 e. The van der Waals surface area contributed by atoms with Crippen LogP contribution in [0.4, 0.5) is 10.1 Å². The van der Waals surface area contributed by atoms with Crippen LogP contribution in [0.2, 0.25) is 0 Å². The fraction of sp³-hybridized carbons (Fsp3) is 0.0870. The first kappa shape index (κ1) is 17.8. The SMILES string of the molecule is CCOc1ccccc1C(=O)Nc1ccc(-c2cc3cc(F)ccc3[nH]2)cc1. The van der Waals surface area contributed by atoms with Gasteiger partial charge in [0.05, 0.1) is 12.2 Å². The first-order chi connectivity index (χ1) is 13.6. The number of hydrogen-bond donors (Lipinski definition) is 2. The highest BCUT2D eigenvalue weighted by Crippen LogP contribution is 2.26. The third-order valence-electron chi connectivity index (χ3n) is 4.47. The zero-order chi connectivity index (χ0) is 19.5. The molecule has 1 heterocycles. The number of para-hydroxylation sites is 1. The first-order valence-corrected chi connectivity index (χ1v) is 9.06. The molecule has 0 spiro atoms. The highest BCUT2D eigenvalue weighted by Gasteiger charge is 2.12. The van der Waals surface area contributed by atoms with Gasteiger partial charge in [-0.1, -0.05) is 24.3 Å². The summed E-state index contributed by atoms with van der Waals surface area (Å²) >= 11 is 0. The van der Waals surface area contributed by atoms with Crippen LogP contribution in [-0.2, 0) is 0 Å². The molecule has 4 aromatic rings. The summed E-state index contributed by atoms with van der Waals surface area (Å²) in [6.45, 7) is 2.37. The molecule has 0 saturated carbocycles. The molecule has 0 saturated heterocycles. The number of benzene rings is 3. The van der Waals surface area contributed by atoms with Crippen molar-refractivity contribution >= 4 is 22.5 Å². The van der Waals surface area contributed by atoms with Crippen LogP contribution in [0.3, 0.4) is 0 Å². The van der Waals surface area contributed by atoms with E-state index in [9.17, 15) is 9.18 Å². The van der Waals surface area contributed by atoms with Crippen LogP contribution in [0.15, 0.2) is 72.8 Å². The van der Waals surface area contributed by atoms with E-state index in [1.165, 1.54) is 12.1 Å². The summed E-state index contributed by atoms with van der Waals surface area (Å²) in [4.78, 5) is 15.9. The molecule has 1 aromatic heterocycles. The van der Waals surface area contributed by atoms with Crippen molar-refractivity contribution < 1.29 is 13.9 Å². The molecular formula is C23H19FN2O2. The number of halogens is 1. The Balaban J connectivity index is 1.54. The normalized spacial score (nSPS) is 10.8. The Morgan fingerprint density at radius 2 is 1.82 bits per heavy atom. The molecule has 0 unspecified atom stereocenters. The molecule has 1 amide bonds. The summed E-state index contributed by atoms with van der Waals surface area (Å²) in [6, 6.07) is 21.2. The fourth-order valence-corrected chi connectivity index (χ4v) is 3.13. The summed E-state index contributed by atoms with van der Waals surface area (Å²) in [5.41, 5.74) is 3.89. The van der Waals surface area contributed by atoms with Crippen LogP contribution < -0.4 is 10.1 Å². The highest BCUT2D eigenvalue weighted by molar-refractivity contribution is 6.06. The van der Waals surface area contributed by atoms with Gasteiger partial charge in [0.25, 0.3) is 5.91 Å². The molecule has 0 aliphatic heterocycles. The molecular weight excluding hydrogens is 355 g/mol. The monoisotopic (exact) mass is 374 g/mol. The smallest absolute Gasteiger partial charge is 0.259 e. The predicted molar refractivity (Wildman–Crippen MR) is 109 cm³/mol. The van der Waals surface area contributed by atoms with Crippen LogP contribution in [0.5, 0.6) is 5.75 Å². The van der Waals surface area contributed by atoms with Gasteiger partial charge in [-0.05, 0) is 61.0 Å². The molecule has 4 nitrogen and oxygen atoms in total. The topological polar surface area (TPSA) is 54.1 Å². The lowest BCUT2D eigenvalue weighted by molar-refractivity contribution is 0.102. The summed E-state index contributed by atoms with van der Waals surface area (Å²) in [5, 5.41) is 3.71. The number of nitrogens with one attached hydrogen (secondary N) is 2. The number of carbonyl (C=O) groups excluding carboxylic acids is 1. The molecule has 4 rings (SSSR count). The number of H-pyrrole nitrogens is 1. The van der Waals surface area contributed by atoms with Crippen molar-refractivity contribution in [3.8, 4) is 17.0 Å². The van der Waals surface area contributed by atoms with E-state index in [-0.39, 0.29) is 11.7 Å². The number of fused-ring (bicyclic) bond motifs is 1. The van der Waals surface area contributed by atoms with Gasteiger partial charge in [0.1, 0.15) is 11.6 Å². The van der Waals surface area contributed by atoms with Gasteiger partial charge in [0.2, 0.25) is 0 Å². The molecule has 0 aliphatic carbocycles. The van der Waals surface area contributed by atoms with Gasteiger partial charge in [-0.2, -0.15) is 0 Å². The van der Waals surface area contributed by atoms with Crippen molar-refractivity contribution in [3.63, 3.8) is 0 Å². The van der Waals surface area contributed by atoms with Crippen molar-refractivity contribution in [2.45, 2.75) is 6.92 Å². The summed E-state index contributed by atoms with van der Waals surface area (Å²) in [6.07, 6.45) is 0. The van der Waals surface area contributed by atoms with Gasteiger partial charge in [-0.25, -0.2) is 4.39 Å². The van der Waals surface area contributed by atoms with Crippen LogP contribution in [0.1, 0.15) is 17.3 Å². The van der Waals surface area contributed by atoms with E-state index >= 15 is 0 Å². The van der Waals surface area contributed by atoms with E-state index in [4.69, 9.17) is 4.74 Å². The van der Waals surface area contributed by atoms with Crippen molar-refractivity contribution in [2.75, 3.05) is 11.9 Å². The summed E-state index contributed by atoms with van der Waals surface area (Å²) in [5.74, 6) is 0.0748. The van der Waals surface area contributed by atoms with Gasteiger partial charge in [-0.15, -0.1) is 0 Å². The Bertz CT molecular complexity index is 1130. The molecule has 140 valence electrons. The summed E-state index contributed by atoms with van der Waals surface area (Å²) in [7, 11) is 0. The lowest BCUT2D eigenvalue weighted by atomic mass is 10.1. The Kier molecular flexibility index (Phi) is 4.81. The molecule has 5 heteroatoms. The molecule has 0 atom stereocenters. The summed E-state index contributed by atoms with van der Waals surface area (Å²) < 4.78 is 18.9. The zero-order valence-corrected chi connectivity index (χ0v) is 15.3. The third-order valence-corrected chi connectivity index (χ3v) is 4.47. The maximum Gasteiger partial charge on any atom is 0.259 e. The van der Waals surface area contributed by atoms with E-state index in [0.717, 1.165) is 22.2 Å². The molecule has 2 N–H and O–H groups in total. The second kappa shape index (κ2) is 7.56. The van der Waals surface area contributed by atoms with E-state index in [0.29, 0.717) is 23.6 Å². The van der Waals surface area contributed by atoms with Crippen molar-refractivity contribution in [2.24, 2.45) is 0 Å². The molecule has 28 heavy (non-hydrogen) atoms. The number of carbonyl (C=O) groups is 1. The van der Waals surface area contributed by atoms with Crippen LogP contribution in [0.25, 0.3) is 22.2 Å². The maximum atomic E-state index is 13.4. The minimum absolute atomic E-state index is 0.224. The largest absolute Gasteiger partial charge is 0.493 e. The van der Waals surface area contributed by atoms with Gasteiger partial charge in [0, 0.05) is 22.3 Å². The van der Waals surface area contributed by atoms with Crippen molar-refractivity contribution in [1.82, 2.24) is 4.98 Å². The second-order valence-electron chi connectivity index (χ2n) is 6.38. The van der Waals surface area contributed by atoms with Gasteiger partial charge in [-0.3, -0.25) is 4.79 Å². The molecule has 0 fully saturated rings. The lowest BCUT2D eigenvalue weighted by Gasteiger charge is -2.10. The fourth-order valence-electron chi connectivity index (χ4n) is 3.13. The standard InChI is InChI=1S/C23H19FN2O2/c1-2-28-22-6-4-3-5-19(22)23(27)25-18-10-7-15(8-11-18)21-14-16-13-17(24)9-12-20(16)26-21/h3-14,26H,2H2,1H3,(H,25,27). The zero-order valence-electron chi connectivity index (χ0n) is 15.3. The Morgan fingerprint density at radius 3 is 2.61 bits per heavy atom. The van der Waals surface area contributed by atoms with Crippen molar-refractivity contribution in [3.05, 3.63) is 84.2 Å². The maximum absolute atomic E-state index is 13.4. The number of hydrogen-bond acceptors (Lipinski definition) is 2. The number of rotatable bonds is 5. The Morgan fingerprint density at radius 1 is 1.04 bits per heavy atom. The van der Waals surface area contributed by atoms with Crippen LogP contribution in [-0.4, -0.2) is 17.5 Å². The predicted octanol–water partition coefficient (Wildman–Crippen LogP) is 5.63. The molecule has 0 radical (unpaired) electrons. The average molecular weight is 374 g/mol. The van der Waals surface area contributed by atoms with E-state index in [2.05, 4.69) is 10.3 Å². The van der Waals surface area contributed by atoms with Gasteiger partial charge < -0.3 is 15.0 Å². The number of aromatic amines is 1. The van der Waals surface area contributed by atoms with E-state index < -0.39 is 0 Å². The number of amides is 1. The first-order valence-electron chi connectivity index (χ1n) is 9.06. The highest BCUT2D eigenvalue weighted by atomic mass is 19.1. The van der Waals surface area contributed by atoms with Gasteiger partial charge >= 0.3 is 0 Å². The second-order valence-corrected chi connectivity index (χ2v) is 6.38. The molecule has 0 bridgehead atoms. The quantitative estimate of drug-likeness (QED) is 0.476. The minimum atomic E-state index is -0.261. The molecule has 0 aliphatic rings. The number of aromatic nitrogens is 1. The third kappa shape index (κ3) is 3.60. The average Bonchev–Trinajstić information content (AvgIpc) is 3.12. The van der Waals surface area contributed by atoms with Gasteiger partial charge in [0.15, 0.2) is 0 Å². The van der Waals surface area contributed by atoms with Crippen molar-refractivity contribution in [1.29, 1.82) is 0 Å². The van der Waals surface area contributed by atoms with Crippen LogP contribution in [0, 0.1) is 5.82 Å². The number of ether oxygens (including phenoxy) is 1. The Hall–Kier alpha value is -3.60. The Labute approximate surface area is 162 Å². The lowest BCUT2D eigenvalue weighted by Crippen LogP contribution is -2.13. The molecule has 3 aromatic carbocycles.